The van der Waals surface area contributed by atoms with E-state index in [4.69, 9.17) is 0 Å². The summed E-state index contributed by atoms with van der Waals surface area (Å²) in [4.78, 5) is 41.4. The summed E-state index contributed by atoms with van der Waals surface area (Å²) in [6.07, 6.45) is 3.64. The minimum absolute atomic E-state index is 0.0586. The molecule has 2 saturated heterocycles. The maximum absolute atomic E-state index is 13.7. The number of aromatic nitrogens is 4. The smallest absolute Gasteiger partial charge is 0.236 e. The molecule has 0 aliphatic carbocycles. The molecule has 0 saturated carbocycles. The molecule has 2 N–H and O–H groups in total. The molecule has 0 spiro atoms. The average Bonchev–Trinajstić information content (AvgIpc) is 3.74. The molecule has 0 bridgehead atoms. The van der Waals surface area contributed by atoms with Crippen molar-refractivity contribution in [2.24, 2.45) is 5.41 Å². The van der Waals surface area contributed by atoms with Gasteiger partial charge in [0.05, 0.1) is 35.6 Å². The van der Waals surface area contributed by atoms with Crippen molar-refractivity contribution in [2.75, 3.05) is 56.0 Å². The summed E-state index contributed by atoms with van der Waals surface area (Å²) < 4.78 is 26.7. The zero-order valence-electron chi connectivity index (χ0n) is 26.6. The first-order valence-electron chi connectivity index (χ1n) is 16.2. The molecule has 7 rings (SSSR count). The number of aromatic amines is 1. The van der Waals surface area contributed by atoms with Crippen LogP contribution in [0.3, 0.4) is 0 Å². The minimum atomic E-state index is -0.602. The van der Waals surface area contributed by atoms with Gasteiger partial charge in [-0.15, -0.1) is 0 Å². The lowest BCUT2D eigenvalue weighted by Crippen LogP contribution is -2.51. The van der Waals surface area contributed by atoms with E-state index in [9.17, 15) is 18.4 Å². The van der Waals surface area contributed by atoms with Crippen LogP contribution in [-0.2, 0) is 9.59 Å². The van der Waals surface area contributed by atoms with Crippen molar-refractivity contribution in [3.05, 3.63) is 90.8 Å². The van der Waals surface area contributed by atoms with Crippen molar-refractivity contribution < 1.29 is 18.4 Å². The largest absolute Gasteiger partial charge is 0.368 e. The zero-order valence-corrected chi connectivity index (χ0v) is 26.6. The molecular weight excluding hydrogens is 614 g/mol. The summed E-state index contributed by atoms with van der Waals surface area (Å²) in [7, 11) is 0. The van der Waals surface area contributed by atoms with E-state index in [1.807, 2.05) is 54.3 Å². The zero-order chi connectivity index (χ0) is 33.3. The van der Waals surface area contributed by atoms with Gasteiger partial charge in [0, 0.05) is 60.6 Å². The Morgan fingerprint density at radius 2 is 1.58 bits per heavy atom. The molecule has 3 aromatic carbocycles. The monoisotopic (exact) mass is 650 g/mol. The summed E-state index contributed by atoms with van der Waals surface area (Å²) in [6, 6.07) is 19.6. The first-order chi connectivity index (χ1) is 23.3. The van der Waals surface area contributed by atoms with Crippen LogP contribution in [0.2, 0.25) is 0 Å². The number of carbonyl (C=O) groups excluding carboxylic acids is 2. The van der Waals surface area contributed by atoms with Gasteiger partial charge in [-0.2, -0.15) is 5.10 Å². The Morgan fingerprint density at radius 3 is 2.29 bits per heavy atom. The van der Waals surface area contributed by atoms with E-state index in [-0.39, 0.29) is 24.2 Å². The van der Waals surface area contributed by atoms with Crippen LogP contribution >= 0.6 is 0 Å². The van der Waals surface area contributed by atoms with E-state index < -0.39 is 11.2 Å². The van der Waals surface area contributed by atoms with Gasteiger partial charge in [0.25, 0.3) is 0 Å². The van der Waals surface area contributed by atoms with Crippen LogP contribution in [-0.4, -0.2) is 87.6 Å². The van der Waals surface area contributed by atoms with E-state index in [1.165, 1.54) is 12.1 Å². The van der Waals surface area contributed by atoms with Crippen molar-refractivity contribution in [3.63, 3.8) is 0 Å². The van der Waals surface area contributed by atoms with Gasteiger partial charge in [0.1, 0.15) is 5.82 Å². The van der Waals surface area contributed by atoms with Gasteiger partial charge in [-0.05, 0) is 86.1 Å². The highest BCUT2D eigenvalue weighted by molar-refractivity contribution is 6.00. The number of nitrogens with zero attached hydrogens (tertiary/aromatic N) is 6. The molecule has 4 heterocycles. The highest BCUT2D eigenvalue weighted by atomic mass is 19.1. The van der Waals surface area contributed by atoms with Crippen LogP contribution in [0.4, 0.5) is 20.2 Å². The molecule has 2 amide bonds. The number of anilines is 2. The molecule has 2 aromatic heterocycles. The predicted molar refractivity (Wildman–Crippen MR) is 180 cm³/mol. The third-order valence-electron chi connectivity index (χ3n) is 9.63. The first kappa shape index (κ1) is 31.4. The number of carbonyl (C=O) groups is 2. The molecule has 2 fully saturated rings. The number of hydrogen-bond donors (Lipinski definition) is 2. The van der Waals surface area contributed by atoms with Crippen LogP contribution in [0, 0.1) is 17.0 Å². The van der Waals surface area contributed by atoms with E-state index >= 15 is 0 Å². The van der Waals surface area contributed by atoms with Gasteiger partial charge < -0.3 is 15.1 Å². The number of benzene rings is 3. The van der Waals surface area contributed by atoms with Crippen molar-refractivity contribution in [1.29, 1.82) is 0 Å². The molecule has 5 aromatic rings. The lowest BCUT2D eigenvalue weighted by molar-refractivity contribution is -0.133. The Hall–Kier alpha value is -5.23. The van der Waals surface area contributed by atoms with Gasteiger partial charge in [0.15, 0.2) is 11.6 Å². The lowest BCUT2D eigenvalue weighted by atomic mass is 9.83. The maximum atomic E-state index is 13.7. The predicted octanol–water partition coefficient (Wildman–Crippen LogP) is 5.35. The molecule has 48 heavy (non-hydrogen) atoms. The molecule has 10 nitrogen and oxygen atoms in total. The summed E-state index contributed by atoms with van der Waals surface area (Å²) in [6.45, 7) is 6.15. The summed E-state index contributed by atoms with van der Waals surface area (Å²) in [5.41, 5.74) is 4.20. The number of fused-ring (bicyclic) bond motifs is 1. The van der Waals surface area contributed by atoms with Crippen LogP contribution in [0.5, 0.6) is 0 Å². The quantitative estimate of drug-likeness (QED) is 0.233. The van der Waals surface area contributed by atoms with E-state index in [0.717, 1.165) is 40.1 Å². The van der Waals surface area contributed by atoms with Crippen molar-refractivity contribution in [1.82, 2.24) is 30.0 Å². The van der Waals surface area contributed by atoms with Gasteiger partial charge in [-0.25, -0.2) is 18.7 Å². The second-order valence-electron chi connectivity index (χ2n) is 12.5. The summed E-state index contributed by atoms with van der Waals surface area (Å²) >= 11 is 0. The van der Waals surface area contributed by atoms with Gasteiger partial charge in [-0.1, -0.05) is 6.92 Å². The van der Waals surface area contributed by atoms with Crippen LogP contribution in [0.15, 0.2) is 79.1 Å². The third kappa shape index (κ3) is 6.35. The highest BCUT2D eigenvalue weighted by Gasteiger charge is 2.43. The van der Waals surface area contributed by atoms with Crippen molar-refractivity contribution in [3.8, 4) is 22.6 Å². The van der Waals surface area contributed by atoms with Gasteiger partial charge in [0.2, 0.25) is 11.8 Å². The molecule has 2 aliphatic heterocycles. The first-order valence-corrected chi connectivity index (χ1v) is 16.2. The molecule has 1 atom stereocenters. The normalized spacial score (nSPS) is 18.4. The third-order valence-corrected chi connectivity index (χ3v) is 9.63. The van der Waals surface area contributed by atoms with Crippen LogP contribution in [0.25, 0.3) is 33.5 Å². The summed E-state index contributed by atoms with van der Waals surface area (Å²) in [5, 5.41) is 11.4. The van der Waals surface area contributed by atoms with E-state index in [0.29, 0.717) is 69.3 Å². The fourth-order valence-corrected chi connectivity index (χ4v) is 6.70. The number of halogens is 2. The Bertz CT molecular complexity index is 1920. The standard InChI is InChI=1S/C36H36F2N8O2/c1-2-36(35(48)41-28-9-12-31-30(19-28)33(43-42-31)24-3-7-26(37)8-4-24)13-14-44(23-36)22-32(47)46-17-15-45(16-18-46)29-10-5-25(6-11-29)34-39-20-27(38)21-40-34/h3-12,19-21H,2,13-18,22-23H2,1H3,(H,41,48)(H,42,43). The van der Waals surface area contributed by atoms with Gasteiger partial charge in [-0.3, -0.25) is 19.6 Å². The number of rotatable bonds is 8. The van der Waals surface area contributed by atoms with Crippen LogP contribution < -0.4 is 10.2 Å². The Balaban J connectivity index is 0.934. The van der Waals surface area contributed by atoms with E-state index in [1.54, 1.807) is 12.1 Å². The number of hydrogen-bond acceptors (Lipinski definition) is 7. The fraction of sp³-hybridized carbons (Fsp3) is 0.306. The van der Waals surface area contributed by atoms with Crippen LogP contribution in [0.1, 0.15) is 19.8 Å². The second kappa shape index (κ2) is 13.1. The summed E-state index contributed by atoms with van der Waals surface area (Å²) in [5.74, 6) is -0.299. The Morgan fingerprint density at radius 1 is 0.875 bits per heavy atom. The number of likely N-dealkylation sites (tertiary alicyclic amines) is 1. The molecule has 1 unspecified atom stereocenters. The van der Waals surface area contributed by atoms with E-state index in [2.05, 4.69) is 35.3 Å². The SMILES string of the molecule is CCC1(C(=O)Nc2ccc3[nH]nc(-c4ccc(F)cc4)c3c2)CCN(CC(=O)N2CCN(c3ccc(-c4ncc(F)cn4)cc3)CC2)C1. The van der Waals surface area contributed by atoms with Crippen molar-refractivity contribution in [2.45, 2.75) is 19.8 Å². The molecular formula is C36H36F2N8O2. The average molecular weight is 651 g/mol. The minimum Gasteiger partial charge on any atom is -0.368 e. The molecule has 0 radical (unpaired) electrons. The lowest BCUT2D eigenvalue weighted by Gasteiger charge is -2.37. The molecule has 246 valence electrons. The highest BCUT2D eigenvalue weighted by Crippen LogP contribution is 2.36. The maximum Gasteiger partial charge on any atom is 0.236 e. The molecule has 12 heteroatoms. The number of nitrogens with one attached hydrogen (secondary N) is 2. The number of amides is 2. The molecule has 2 aliphatic rings. The van der Waals surface area contributed by atoms with Gasteiger partial charge >= 0.3 is 0 Å². The topological polar surface area (TPSA) is 110 Å². The Kier molecular flexibility index (Phi) is 8.57. The fourth-order valence-electron chi connectivity index (χ4n) is 6.70. The Labute approximate surface area is 276 Å². The number of piperazine rings is 1. The van der Waals surface area contributed by atoms with Crippen molar-refractivity contribution >= 4 is 34.1 Å². The second-order valence-corrected chi connectivity index (χ2v) is 12.5. The number of H-pyrrole nitrogens is 1.